The molecule has 3 amide bonds. The van der Waals surface area contributed by atoms with Crippen molar-refractivity contribution in [2.75, 3.05) is 0 Å². The van der Waals surface area contributed by atoms with Gasteiger partial charge in [-0.05, 0) is 12.5 Å². The van der Waals surface area contributed by atoms with Crippen LogP contribution in [-0.2, 0) is 9.59 Å². The Morgan fingerprint density at radius 2 is 2.11 bits per heavy atom. The number of H-pyrrole nitrogens is 1. The number of imide groups is 1. The highest BCUT2D eigenvalue weighted by Gasteiger charge is 2.28. The lowest BCUT2D eigenvalue weighted by molar-refractivity contribution is -0.134. The van der Waals surface area contributed by atoms with Crippen LogP contribution >= 0.6 is 23.2 Å². The smallest absolute Gasteiger partial charge is 0.268 e. The van der Waals surface area contributed by atoms with Crippen molar-refractivity contribution in [3.63, 3.8) is 0 Å². The Bertz CT molecular complexity index is 507. The first-order chi connectivity index (χ1) is 8.47. The topological polar surface area (TPSA) is 91.1 Å². The number of carbonyl (C=O) groups excluding carboxylic acids is 3. The van der Waals surface area contributed by atoms with Gasteiger partial charge in [0.05, 0.1) is 5.02 Å². The standard InChI is InChI=1S/C10H9Cl2N3O3/c11-4-3-6(13-8(4)12)10(18)14-5-1-2-7(16)15-9(5)17/h3,5,13H,1-2H2,(H,14,18)(H,15,16,17). The third kappa shape index (κ3) is 2.65. The summed E-state index contributed by atoms with van der Waals surface area (Å²) in [4.78, 5) is 36.7. The maximum Gasteiger partial charge on any atom is 0.268 e. The summed E-state index contributed by atoms with van der Waals surface area (Å²) in [6.07, 6.45) is 0.474. The van der Waals surface area contributed by atoms with Gasteiger partial charge in [0.25, 0.3) is 5.91 Å². The van der Waals surface area contributed by atoms with Gasteiger partial charge >= 0.3 is 0 Å². The number of rotatable bonds is 2. The Labute approximate surface area is 112 Å². The molecule has 0 saturated carbocycles. The second-order valence-electron chi connectivity index (χ2n) is 3.82. The van der Waals surface area contributed by atoms with Gasteiger partial charge in [0.2, 0.25) is 11.8 Å². The largest absolute Gasteiger partial charge is 0.340 e. The van der Waals surface area contributed by atoms with Gasteiger partial charge in [-0.1, -0.05) is 23.2 Å². The van der Waals surface area contributed by atoms with E-state index in [0.717, 1.165) is 0 Å². The molecule has 0 spiro atoms. The first kappa shape index (κ1) is 12.9. The molecule has 0 aromatic carbocycles. The molecule has 3 N–H and O–H groups in total. The molecule has 1 unspecified atom stereocenters. The lowest BCUT2D eigenvalue weighted by Crippen LogP contribution is -2.52. The quantitative estimate of drug-likeness (QED) is 0.705. The normalized spacial score (nSPS) is 19.6. The summed E-state index contributed by atoms with van der Waals surface area (Å²) >= 11 is 11.4. The molecule has 8 heteroatoms. The summed E-state index contributed by atoms with van der Waals surface area (Å²) in [7, 11) is 0. The minimum absolute atomic E-state index is 0.157. The van der Waals surface area contributed by atoms with Crippen LogP contribution in [0.4, 0.5) is 0 Å². The molecule has 1 aliphatic heterocycles. The highest BCUT2D eigenvalue weighted by molar-refractivity contribution is 6.41. The molecule has 1 aromatic heterocycles. The first-order valence-electron chi connectivity index (χ1n) is 5.16. The second-order valence-corrected chi connectivity index (χ2v) is 4.61. The number of halogens is 2. The van der Waals surface area contributed by atoms with E-state index in [0.29, 0.717) is 0 Å². The van der Waals surface area contributed by atoms with Crippen LogP contribution in [0.5, 0.6) is 0 Å². The molecular weight excluding hydrogens is 281 g/mol. The van der Waals surface area contributed by atoms with Gasteiger partial charge < -0.3 is 10.3 Å². The molecule has 18 heavy (non-hydrogen) atoms. The Morgan fingerprint density at radius 3 is 2.67 bits per heavy atom. The molecule has 1 atom stereocenters. The van der Waals surface area contributed by atoms with Gasteiger partial charge in [0.15, 0.2) is 0 Å². The lowest BCUT2D eigenvalue weighted by atomic mass is 10.1. The molecule has 2 heterocycles. The maximum absolute atomic E-state index is 11.8. The molecule has 6 nitrogen and oxygen atoms in total. The van der Waals surface area contributed by atoms with Crippen LogP contribution in [0.1, 0.15) is 23.3 Å². The predicted molar refractivity (Wildman–Crippen MR) is 64.5 cm³/mol. The third-order valence-electron chi connectivity index (χ3n) is 2.51. The molecule has 0 aliphatic carbocycles. The molecule has 0 radical (unpaired) electrons. The number of aromatic nitrogens is 1. The van der Waals surface area contributed by atoms with Gasteiger partial charge in [-0.25, -0.2) is 0 Å². The zero-order valence-electron chi connectivity index (χ0n) is 9.05. The van der Waals surface area contributed by atoms with Gasteiger partial charge in [0, 0.05) is 6.42 Å². The first-order valence-corrected chi connectivity index (χ1v) is 5.91. The molecule has 1 fully saturated rings. The Morgan fingerprint density at radius 1 is 1.39 bits per heavy atom. The number of amides is 3. The van der Waals surface area contributed by atoms with Crippen LogP contribution in [-0.4, -0.2) is 28.7 Å². The fourth-order valence-corrected chi connectivity index (χ4v) is 1.91. The van der Waals surface area contributed by atoms with E-state index in [2.05, 4.69) is 15.6 Å². The summed E-state index contributed by atoms with van der Waals surface area (Å²) in [5, 5.41) is 5.03. The number of nitrogens with one attached hydrogen (secondary N) is 3. The summed E-state index contributed by atoms with van der Waals surface area (Å²) in [6, 6.07) is 0.640. The summed E-state index contributed by atoms with van der Waals surface area (Å²) in [5.41, 5.74) is 0.162. The van der Waals surface area contributed by atoms with E-state index in [1.54, 1.807) is 0 Å². The van der Waals surface area contributed by atoms with Crippen LogP contribution in [0, 0.1) is 0 Å². The van der Waals surface area contributed by atoms with Crippen molar-refractivity contribution in [1.82, 2.24) is 15.6 Å². The van der Waals surface area contributed by atoms with Crippen LogP contribution in [0.2, 0.25) is 10.2 Å². The fourth-order valence-electron chi connectivity index (χ4n) is 1.59. The maximum atomic E-state index is 11.8. The van der Waals surface area contributed by atoms with Gasteiger partial charge in [-0.3, -0.25) is 19.7 Å². The van der Waals surface area contributed by atoms with Gasteiger partial charge in [-0.2, -0.15) is 0 Å². The van der Waals surface area contributed by atoms with E-state index in [1.807, 2.05) is 0 Å². The van der Waals surface area contributed by atoms with E-state index in [4.69, 9.17) is 23.2 Å². The summed E-state index contributed by atoms with van der Waals surface area (Å²) < 4.78 is 0. The molecule has 1 aliphatic rings. The Kier molecular flexibility index (Phi) is 3.58. The average Bonchev–Trinajstić information content (AvgIpc) is 2.63. The molecule has 96 valence electrons. The van der Waals surface area contributed by atoms with Crippen LogP contribution in [0.25, 0.3) is 0 Å². The van der Waals surface area contributed by atoms with Crippen LogP contribution in [0.3, 0.4) is 0 Å². The van der Waals surface area contributed by atoms with Crippen molar-refractivity contribution < 1.29 is 14.4 Å². The minimum Gasteiger partial charge on any atom is -0.340 e. The Hall–Kier alpha value is -1.53. The molecule has 1 saturated heterocycles. The van der Waals surface area contributed by atoms with Crippen LogP contribution in [0.15, 0.2) is 6.07 Å². The lowest BCUT2D eigenvalue weighted by Gasteiger charge is -2.21. The molecule has 0 bridgehead atoms. The van der Waals surface area contributed by atoms with Crippen molar-refractivity contribution >= 4 is 40.9 Å². The van der Waals surface area contributed by atoms with Crippen molar-refractivity contribution in [3.05, 3.63) is 21.9 Å². The molecule has 1 aromatic rings. The molecular formula is C10H9Cl2N3O3. The van der Waals surface area contributed by atoms with E-state index < -0.39 is 17.9 Å². The van der Waals surface area contributed by atoms with Crippen molar-refractivity contribution in [2.45, 2.75) is 18.9 Å². The zero-order valence-corrected chi connectivity index (χ0v) is 10.6. The van der Waals surface area contributed by atoms with Gasteiger partial charge in [-0.15, -0.1) is 0 Å². The van der Waals surface area contributed by atoms with E-state index in [-0.39, 0.29) is 34.6 Å². The summed E-state index contributed by atoms with van der Waals surface area (Å²) in [6.45, 7) is 0. The van der Waals surface area contributed by atoms with Crippen molar-refractivity contribution in [2.24, 2.45) is 0 Å². The highest BCUT2D eigenvalue weighted by Crippen LogP contribution is 2.21. The number of aromatic amines is 1. The monoisotopic (exact) mass is 289 g/mol. The van der Waals surface area contributed by atoms with E-state index >= 15 is 0 Å². The van der Waals surface area contributed by atoms with Crippen LogP contribution < -0.4 is 10.6 Å². The number of hydrogen-bond donors (Lipinski definition) is 3. The van der Waals surface area contributed by atoms with Crippen molar-refractivity contribution in [1.29, 1.82) is 0 Å². The Balaban J connectivity index is 2.03. The fraction of sp³-hybridized carbons (Fsp3) is 0.300. The van der Waals surface area contributed by atoms with Crippen molar-refractivity contribution in [3.8, 4) is 0 Å². The third-order valence-corrected chi connectivity index (χ3v) is 3.21. The SMILES string of the molecule is O=C1CCC(NC(=O)c2cc(Cl)c(Cl)[nH]2)C(=O)N1. The van der Waals surface area contributed by atoms with Gasteiger partial charge in [0.1, 0.15) is 16.9 Å². The number of carbonyl (C=O) groups is 3. The zero-order chi connectivity index (χ0) is 13.3. The number of piperidine rings is 1. The number of hydrogen-bond acceptors (Lipinski definition) is 3. The average molecular weight is 290 g/mol. The minimum atomic E-state index is -0.726. The predicted octanol–water partition coefficient (Wildman–Crippen LogP) is 0.857. The second kappa shape index (κ2) is 4.99. The van der Waals surface area contributed by atoms with E-state index in [9.17, 15) is 14.4 Å². The molecule has 2 rings (SSSR count). The summed E-state index contributed by atoms with van der Waals surface area (Å²) in [5.74, 6) is -1.35. The van der Waals surface area contributed by atoms with E-state index in [1.165, 1.54) is 6.07 Å². The highest BCUT2D eigenvalue weighted by atomic mass is 35.5.